The van der Waals surface area contributed by atoms with Crippen LogP contribution in [-0.4, -0.2) is 84.2 Å². The summed E-state index contributed by atoms with van der Waals surface area (Å²) in [6.07, 6.45) is 0. The SMILES string of the molecule is C.C.C.CCOC(=O)c1ncsc1C.CCOC(C)(OCC)OCC.CCOC(C)=S.Cc1scnc1CO.[C-]#N.[C-]#[N+]CC(=O)OCC.[Na+]. The molecule has 0 atom stereocenters. The Morgan fingerprint density at radius 1 is 0.840 bits per heavy atom. The Labute approximate surface area is 338 Å². The fourth-order valence-electron chi connectivity index (χ4n) is 2.57. The van der Waals surface area contributed by atoms with Crippen LogP contribution in [0.4, 0.5) is 0 Å². The van der Waals surface area contributed by atoms with Gasteiger partial charge in [-0.3, -0.25) is 0 Å². The summed E-state index contributed by atoms with van der Waals surface area (Å²) in [5.41, 5.74) is 4.62. The van der Waals surface area contributed by atoms with Crippen LogP contribution in [0.3, 0.4) is 0 Å². The van der Waals surface area contributed by atoms with Crippen molar-refractivity contribution in [1.82, 2.24) is 9.97 Å². The van der Waals surface area contributed by atoms with Gasteiger partial charge in [0.1, 0.15) is 0 Å². The third-order valence-corrected chi connectivity index (χ3v) is 5.96. The summed E-state index contributed by atoms with van der Waals surface area (Å²) in [6.45, 7) is 32.6. The van der Waals surface area contributed by atoms with E-state index in [1.54, 1.807) is 50.1 Å². The number of aliphatic hydroxyl groups is 1. The number of ether oxygens (including phenoxy) is 6. The van der Waals surface area contributed by atoms with Gasteiger partial charge in [0, 0.05) is 43.4 Å². The second kappa shape index (κ2) is 46.9. The number of carbonyl (C=O) groups is 2. The van der Waals surface area contributed by atoms with Gasteiger partial charge in [-0.15, -0.1) is 22.7 Å². The monoisotopic (exact) mass is 776 g/mol. The molecular formula is C33H61N4NaO9S3. The standard InChI is InChI=1S/C8H18O3.C7H9NO2S.C5H7NO2.C5H7NOS.C4H8OS.CN.3CH4.Na/c1-5-9-8(4,10-6-2)11-7-3;1-3-10-7(9)6-5(2)11-4-8-6;1-3-8-5(7)4-6-2;1-4-5(2-7)6-3-8-4;1-3-5-4(2)6;1-2;;;;/h5-7H2,1-4H3;4H,3H2,1-2H3;3-4H2,1H3;3,7H,2H2,1H3;3H2,1-2H3;;3*1H4;/q;;;;;-1;;;;+1. The molecule has 2 aromatic heterocycles. The summed E-state index contributed by atoms with van der Waals surface area (Å²) < 4.78 is 29.8. The molecule has 0 saturated carbocycles. The van der Waals surface area contributed by atoms with Gasteiger partial charge in [-0.2, -0.15) is 0 Å². The van der Waals surface area contributed by atoms with Crippen molar-refractivity contribution in [2.45, 2.75) is 104 Å². The average molecular weight is 777 g/mol. The van der Waals surface area contributed by atoms with Gasteiger partial charge in [-0.25, -0.2) is 26.1 Å². The van der Waals surface area contributed by atoms with Crippen LogP contribution in [0, 0.1) is 32.3 Å². The van der Waals surface area contributed by atoms with Crippen molar-refractivity contribution in [3.63, 3.8) is 0 Å². The van der Waals surface area contributed by atoms with Gasteiger partial charge in [-0.05, 0) is 67.6 Å². The van der Waals surface area contributed by atoms with Gasteiger partial charge in [0.15, 0.2) is 10.7 Å². The largest absolute Gasteiger partial charge is 1.00 e. The second-order valence-electron chi connectivity index (χ2n) is 7.70. The molecule has 0 unspecified atom stereocenters. The van der Waals surface area contributed by atoms with Gasteiger partial charge in [0.05, 0.1) is 43.1 Å². The number of nitrogens with zero attached hydrogens (tertiary/aromatic N) is 4. The van der Waals surface area contributed by atoms with Crippen molar-refractivity contribution in [2.75, 3.05) is 46.2 Å². The maximum Gasteiger partial charge on any atom is 1.00 e. The molecule has 0 saturated heterocycles. The Kier molecular flexibility index (Phi) is 62.1. The Bertz CT molecular complexity index is 1090. The number of hydrogen-bond acceptors (Lipinski definition) is 15. The molecule has 0 spiro atoms. The second-order valence-corrected chi connectivity index (χ2v) is 10.4. The van der Waals surface area contributed by atoms with Gasteiger partial charge in [0.2, 0.25) is 0 Å². The van der Waals surface area contributed by atoms with Crippen LogP contribution in [0.2, 0.25) is 0 Å². The number of aliphatic hydroxyl groups excluding tert-OH is 1. The first-order chi connectivity index (χ1) is 21.9. The number of rotatable bonds is 12. The first kappa shape index (κ1) is 66.2. The van der Waals surface area contributed by atoms with E-state index in [2.05, 4.69) is 31.8 Å². The molecule has 2 heterocycles. The van der Waals surface area contributed by atoms with Crippen LogP contribution in [0.5, 0.6) is 0 Å². The van der Waals surface area contributed by atoms with Crippen LogP contribution >= 0.6 is 34.9 Å². The molecule has 1 N–H and O–H groups in total. The Balaban J connectivity index is -0.0000000721. The zero-order valence-electron chi connectivity index (χ0n) is 29.5. The van der Waals surface area contributed by atoms with E-state index in [9.17, 15) is 9.59 Å². The molecular weight excluding hydrogens is 716 g/mol. The fraction of sp³-hybridized carbons (Fsp3) is 0.667. The number of thiocarbonyl (C=S) groups is 1. The third-order valence-electron chi connectivity index (χ3n) is 4.29. The third kappa shape index (κ3) is 40.3. The molecule has 13 nitrogen and oxygen atoms in total. The molecule has 50 heavy (non-hydrogen) atoms. The Morgan fingerprint density at radius 2 is 1.26 bits per heavy atom. The Morgan fingerprint density at radius 3 is 1.50 bits per heavy atom. The molecule has 17 heteroatoms. The molecule has 0 aliphatic carbocycles. The van der Waals surface area contributed by atoms with Crippen molar-refractivity contribution in [2.24, 2.45) is 0 Å². The van der Waals surface area contributed by atoms with E-state index in [0.29, 0.717) is 50.4 Å². The maximum absolute atomic E-state index is 11.0. The van der Waals surface area contributed by atoms with E-state index < -0.39 is 11.9 Å². The summed E-state index contributed by atoms with van der Waals surface area (Å²) in [5, 5.41) is 15.4. The zero-order chi connectivity index (χ0) is 36.4. The fourth-order valence-corrected chi connectivity index (χ4v) is 3.84. The number of carbonyl (C=O) groups excluding carboxylic acids is 2. The van der Waals surface area contributed by atoms with Crippen LogP contribution < -0.4 is 29.6 Å². The van der Waals surface area contributed by atoms with Crippen molar-refractivity contribution in [3.8, 4) is 0 Å². The summed E-state index contributed by atoms with van der Waals surface area (Å²) in [5.74, 6) is -1.62. The van der Waals surface area contributed by atoms with Crippen LogP contribution in [-0.2, 0) is 39.8 Å². The molecule has 286 valence electrons. The maximum atomic E-state index is 11.0. The summed E-state index contributed by atoms with van der Waals surface area (Å²) >= 11 is 7.58. The first-order valence-electron chi connectivity index (χ1n) is 14.2. The normalized spacial score (nSPS) is 8.48. The van der Waals surface area contributed by atoms with Crippen molar-refractivity contribution < 1.29 is 72.7 Å². The van der Waals surface area contributed by atoms with E-state index >= 15 is 0 Å². The minimum absolute atomic E-state index is 0. The van der Waals surface area contributed by atoms with Crippen molar-refractivity contribution in [1.29, 1.82) is 5.26 Å². The number of hydrogen-bond donors (Lipinski definition) is 1. The summed E-state index contributed by atoms with van der Waals surface area (Å²) in [6, 6.07) is 0. The first-order valence-corrected chi connectivity index (χ1v) is 16.4. The van der Waals surface area contributed by atoms with Crippen LogP contribution in [0.1, 0.15) is 104 Å². The summed E-state index contributed by atoms with van der Waals surface area (Å²) in [7, 11) is 0. The predicted octanol–water partition coefficient (Wildman–Crippen LogP) is 5.19. The zero-order valence-corrected chi connectivity index (χ0v) is 34.0. The topological polar surface area (TPSA) is 164 Å². The van der Waals surface area contributed by atoms with Gasteiger partial charge in [0.25, 0.3) is 5.97 Å². The van der Waals surface area contributed by atoms with E-state index in [-0.39, 0.29) is 71.0 Å². The molecule has 2 aromatic rings. The van der Waals surface area contributed by atoms with Gasteiger partial charge in [-0.1, -0.05) is 22.3 Å². The number of thiazole rings is 2. The predicted molar refractivity (Wildman–Crippen MR) is 202 cm³/mol. The molecule has 0 aliphatic rings. The van der Waals surface area contributed by atoms with E-state index in [1.807, 2.05) is 41.5 Å². The van der Waals surface area contributed by atoms with Gasteiger partial charge < -0.3 is 50.2 Å². The minimum atomic E-state index is -0.849. The van der Waals surface area contributed by atoms with E-state index in [0.717, 1.165) is 15.4 Å². The van der Waals surface area contributed by atoms with Gasteiger partial charge >= 0.3 is 48.0 Å². The van der Waals surface area contributed by atoms with Crippen LogP contribution in [0.15, 0.2) is 11.0 Å². The number of aromatic nitrogens is 2. The molecule has 0 aromatic carbocycles. The number of aryl methyl sites for hydroxylation is 2. The number of esters is 2. The quantitative estimate of drug-likeness (QED) is 0.0986. The molecule has 2 rings (SSSR count). The molecule has 0 aliphatic heterocycles. The van der Waals surface area contributed by atoms with Crippen molar-refractivity contribution in [3.05, 3.63) is 50.2 Å². The molecule has 0 fully saturated rings. The van der Waals surface area contributed by atoms with Crippen LogP contribution in [0.25, 0.3) is 4.85 Å². The van der Waals surface area contributed by atoms with E-state index in [1.165, 1.54) is 11.3 Å². The minimum Gasteiger partial charge on any atom is -0.512 e. The molecule has 0 bridgehead atoms. The summed E-state index contributed by atoms with van der Waals surface area (Å²) in [4.78, 5) is 33.9. The smallest absolute Gasteiger partial charge is 0.512 e. The average Bonchev–Trinajstić information content (AvgIpc) is 3.63. The molecule has 0 radical (unpaired) electrons. The van der Waals surface area contributed by atoms with Crippen molar-refractivity contribution >= 4 is 51.9 Å². The van der Waals surface area contributed by atoms with E-state index in [4.69, 9.17) is 47.2 Å². The molecule has 0 amide bonds. The Hall–Kier alpha value is -2.09.